The van der Waals surface area contributed by atoms with Crippen LogP contribution in [-0.4, -0.2) is 65.2 Å². The topological polar surface area (TPSA) is 92.9 Å². The molecule has 7 heteroatoms. The smallest absolute Gasteiger partial charge is 0.327 e. The number of carboxylic acids is 1. The zero-order chi connectivity index (χ0) is 12.4. The summed E-state index contributed by atoms with van der Waals surface area (Å²) in [6.07, 6.45) is 0. The predicted molar refractivity (Wildman–Crippen MR) is 62.7 cm³/mol. The normalized spacial score (nSPS) is 33.7. The summed E-state index contributed by atoms with van der Waals surface area (Å²) in [5.41, 5.74) is 5.78. The number of aliphatic carboxylic acids is 1. The van der Waals surface area contributed by atoms with Crippen LogP contribution in [0.3, 0.4) is 0 Å². The number of hydrogen-bond acceptors (Lipinski definition) is 5. The SMILES string of the molecule is NC1COCC1C(=O)N1CCSCC1C(=O)O. The van der Waals surface area contributed by atoms with Gasteiger partial charge in [0.2, 0.25) is 5.91 Å². The van der Waals surface area contributed by atoms with Crippen LogP contribution in [0.2, 0.25) is 0 Å². The first-order valence-electron chi connectivity index (χ1n) is 5.55. The van der Waals surface area contributed by atoms with Crippen molar-refractivity contribution in [3.63, 3.8) is 0 Å². The van der Waals surface area contributed by atoms with E-state index in [9.17, 15) is 9.59 Å². The third-order valence-corrected chi connectivity index (χ3v) is 4.16. The van der Waals surface area contributed by atoms with Gasteiger partial charge in [-0.3, -0.25) is 4.79 Å². The van der Waals surface area contributed by atoms with Crippen LogP contribution < -0.4 is 5.73 Å². The standard InChI is InChI=1S/C10H16N2O4S/c11-7-4-16-3-6(7)9(13)12-1-2-17-5-8(12)10(14)15/h6-8H,1-5,11H2,(H,14,15). The summed E-state index contributed by atoms with van der Waals surface area (Å²) in [4.78, 5) is 24.8. The van der Waals surface area contributed by atoms with Gasteiger partial charge in [-0.25, -0.2) is 4.79 Å². The molecule has 3 atom stereocenters. The Morgan fingerprint density at radius 3 is 2.76 bits per heavy atom. The second kappa shape index (κ2) is 5.24. The summed E-state index contributed by atoms with van der Waals surface area (Å²) in [5, 5.41) is 9.10. The van der Waals surface area contributed by atoms with Crippen molar-refractivity contribution in [2.45, 2.75) is 12.1 Å². The van der Waals surface area contributed by atoms with Crippen LogP contribution in [0.4, 0.5) is 0 Å². The molecule has 6 nitrogen and oxygen atoms in total. The fourth-order valence-electron chi connectivity index (χ4n) is 2.11. The molecule has 2 fully saturated rings. The van der Waals surface area contributed by atoms with Gasteiger partial charge in [0, 0.05) is 24.1 Å². The van der Waals surface area contributed by atoms with Gasteiger partial charge in [-0.15, -0.1) is 0 Å². The first-order valence-corrected chi connectivity index (χ1v) is 6.71. The molecule has 2 aliphatic heterocycles. The summed E-state index contributed by atoms with van der Waals surface area (Å²) in [6, 6.07) is -1.04. The molecule has 96 valence electrons. The van der Waals surface area contributed by atoms with Crippen LogP contribution in [0.25, 0.3) is 0 Å². The van der Waals surface area contributed by atoms with Crippen LogP contribution in [0.1, 0.15) is 0 Å². The second-order valence-corrected chi connectivity index (χ2v) is 5.42. The van der Waals surface area contributed by atoms with E-state index in [0.29, 0.717) is 25.5 Å². The lowest BCUT2D eigenvalue weighted by molar-refractivity contribution is -0.151. The Bertz CT molecular complexity index is 325. The molecule has 0 saturated carbocycles. The molecule has 17 heavy (non-hydrogen) atoms. The van der Waals surface area contributed by atoms with E-state index >= 15 is 0 Å². The van der Waals surface area contributed by atoms with E-state index in [4.69, 9.17) is 15.6 Å². The minimum Gasteiger partial charge on any atom is -0.480 e. The summed E-state index contributed by atoms with van der Waals surface area (Å²) in [5.74, 6) is -0.289. The predicted octanol–water partition coefficient (Wildman–Crippen LogP) is -1.01. The van der Waals surface area contributed by atoms with Gasteiger partial charge >= 0.3 is 5.97 Å². The lowest BCUT2D eigenvalue weighted by Gasteiger charge is -2.34. The van der Waals surface area contributed by atoms with E-state index in [1.54, 1.807) is 11.8 Å². The first kappa shape index (κ1) is 12.7. The lowest BCUT2D eigenvalue weighted by Crippen LogP contribution is -2.54. The van der Waals surface area contributed by atoms with Crippen LogP contribution in [0.5, 0.6) is 0 Å². The molecular formula is C10H16N2O4S. The number of nitrogens with two attached hydrogens (primary N) is 1. The van der Waals surface area contributed by atoms with E-state index in [-0.39, 0.29) is 17.9 Å². The molecule has 3 N–H and O–H groups in total. The molecule has 2 rings (SSSR count). The van der Waals surface area contributed by atoms with Gasteiger partial charge in [-0.2, -0.15) is 11.8 Å². The van der Waals surface area contributed by atoms with Gasteiger partial charge in [0.05, 0.1) is 19.1 Å². The van der Waals surface area contributed by atoms with Gasteiger partial charge in [0.1, 0.15) is 6.04 Å². The molecule has 0 aromatic carbocycles. The number of thioether (sulfide) groups is 1. The molecule has 0 aromatic heterocycles. The molecule has 2 saturated heterocycles. The number of ether oxygens (including phenoxy) is 1. The number of hydrogen-bond donors (Lipinski definition) is 2. The molecule has 0 bridgehead atoms. The maximum Gasteiger partial charge on any atom is 0.327 e. The van der Waals surface area contributed by atoms with Gasteiger partial charge in [0.25, 0.3) is 0 Å². The summed E-state index contributed by atoms with van der Waals surface area (Å²) in [7, 11) is 0. The Labute approximate surface area is 103 Å². The number of amides is 1. The number of carboxylic acid groups (broad SMARTS) is 1. The van der Waals surface area contributed by atoms with Gasteiger partial charge in [-0.1, -0.05) is 0 Å². The van der Waals surface area contributed by atoms with Crippen molar-refractivity contribution in [2.75, 3.05) is 31.3 Å². The average Bonchev–Trinajstić information content (AvgIpc) is 2.74. The average molecular weight is 260 g/mol. The fraction of sp³-hybridized carbons (Fsp3) is 0.800. The Balaban J connectivity index is 2.08. The zero-order valence-electron chi connectivity index (χ0n) is 9.37. The molecule has 2 heterocycles. The molecular weight excluding hydrogens is 244 g/mol. The van der Waals surface area contributed by atoms with Crippen LogP contribution in [-0.2, 0) is 14.3 Å². The van der Waals surface area contributed by atoms with Gasteiger partial charge in [0.15, 0.2) is 0 Å². The molecule has 1 amide bonds. The van der Waals surface area contributed by atoms with E-state index in [1.807, 2.05) is 0 Å². The highest BCUT2D eigenvalue weighted by Crippen LogP contribution is 2.22. The highest BCUT2D eigenvalue weighted by Gasteiger charge is 2.39. The summed E-state index contributed by atoms with van der Waals surface area (Å²) < 4.78 is 5.15. The molecule has 0 spiro atoms. The monoisotopic (exact) mass is 260 g/mol. The van der Waals surface area contributed by atoms with E-state index in [1.165, 1.54) is 4.90 Å². The van der Waals surface area contributed by atoms with E-state index in [0.717, 1.165) is 5.75 Å². The van der Waals surface area contributed by atoms with Crippen LogP contribution >= 0.6 is 11.8 Å². The highest BCUT2D eigenvalue weighted by molar-refractivity contribution is 7.99. The number of carbonyl (C=O) groups excluding carboxylic acids is 1. The number of carbonyl (C=O) groups is 2. The van der Waals surface area contributed by atoms with Crippen molar-refractivity contribution in [1.82, 2.24) is 4.90 Å². The molecule has 0 radical (unpaired) electrons. The van der Waals surface area contributed by atoms with E-state index in [2.05, 4.69) is 0 Å². The molecule has 0 aliphatic carbocycles. The molecule has 0 aromatic rings. The summed E-state index contributed by atoms with van der Waals surface area (Å²) in [6.45, 7) is 1.15. The van der Waals surface area contributed by atoms with Crippen molar-refractivity contribution < 1.29 is 19.4 Å². The van der Waals surface area contributed by atoms with E-state index < -0.39 is 12.0 Å². The van der Waals surface area contributed by atoms with Crippen molar-refractivity contribution in [1.29, 1.82) is 0 Å². The maximum absolute atomic E-state index is 12.2. The largest absolute Gasteiger partial charge is 0.480 e. The van der Waals surface area contributed by atoms with Crippen molar-refractivity contribution in [3.8, 4) is 0 Å². The lowest BCUT2D eigenvalue weighted by atomic mass is 10.0. The number of rotatable bonds is 2. The Morgan fingerprint density at radius 1 is 1.41 bits per heavy atom. The Morgan fingerprint density at radius 2 is 2.18 bits per heavy atom. The van der Waals surface area contributed by atoms with Crippen molar-refractivity contribution >= 4 is 23.6 Å². The Kier molecular flexibility index (Phi) is 3.90. The van der Waals surface area contributed by atoms with Crippen LogP contribution in [0.15, 0.2) is 0 Å². The molecule has 3 unspecified atom stereocenters. The maximum atomic E-state index is 12.2. The summed E-state index contributed by atoms with van der Waals surface area (Å²) >= 11 is 1.56. The highest BCUT2D eigenvalue weighted by atomic mass is 32.2. The molecule has 2 aliphatic rings. The third kappa shape index (κ3) is 2.56. The van der Waals surface area contributed by atoms with Gasteiger partial charge < -0.3 is 20.5 Å². The number of nitrogens with zero attached hydrogens (tertiary/aromatic N) is 1. The second-order valence-electron chi connectivity index (χ2n) is 4.27. The third-order valence-electron chi connectivity index (χ3n) is 3.14. The van der Waals surface area contributed by atoms with Crippen molar-refractivity contribution in [3.05, 3.63) is 0 Å². The first-order chi connectivity index (χ1) is 8.11. The minimum atomic E-state index is -0.946. The van der Waals surface area contributed by atoms with Crippen LogP contribution in [0, 0.1) is 5.92 Å². The van der Waals surface area contributed by atoms with Crippen molar-refractivity contribution in [2.24, 2.45) is 11.7 Å². The Hall–Kier alpha value is -0.790. The minimum absolute atomic E-state index is 0.178. The quantitative estimate of drug-likeness (QED) is 0.661. The fourth-order valence-corrected chi connectivity index (χ4v) is 3.15. The zero-order valence-corrected chi connectivity index (χ0v) is 10.2. The van der Waals surface area contributed by atoms with Gasteiger partial charge in [-0.05, 0) is 0 Å².